The zero-order valence-electron chi connectivity index (χ0n) is 22.9. The van der Waals surface area contributed by atoms with Crippen LogP contribution in [0.1, 0.15) is 37.8 Å². The summed E-state index contributed by atoms with van der Waals surface area (Å²) in [6, 6.07) is 7.04. The SMILES string of the molecule is CC(C)C(NC(=O)C(Cc1ccc(O)cc1)NC(=O)C(CCC(N)=O)NC(=O)C(N)Cc1ccc(O)cc1)C(=O)O. The minimum atomic E-state index is -1.30. The lowest BCUT2D eigenvalue weighted by Crippen LogP contribution is -2.58. The Morgan fingerprint density at radius 3 is 1.66 bits per heavy atom. The zero-order chi connectivity index (χ0) is 30.7. The van der Waals surface area contributed by atoms with Gasteiger partial charge in [-0.2, -0.15) is 0 Å². The van der Waals surface area contributed by atoms with Crippen molar-refractivity contribution in [3.8, 4) is 11.5 Å². The third-order valence-corrected chi connectivity index (χ3v) is 6.28. The molecule has 222 valence electrons. The lowest BCUT2D eigenvalue weighted by molar-refractivity contribution is -0.143. The lowest BCUT2D eigenvalue weighted by Gasteiger charge is -2.26. The van der Waals surface area contributed by atoms with Gasteiger partial charge in [0.2, 0.25) is 23.6 Å². The maximum atomic E-state index is 13.3. The first-order chi connectivity index (χ1) is 19.3. The van der Waals surface area contributed by atoms with E-state index in [2.05, 4.69) is 16.0 Å². The second-order valence-electron chi connectivity index (χ2n) is 10.0. The van der Waals surface area contributed by atoms with E-state index in [-0.39, 0.29) is 37.2 Å². The normalized spacial score (nSPS) is 13.9. The summed E-state index contributed by atoms with van der Waals surface area (Å²) in [7, 11) is 0. The van der Waals surface area contributed by atoms with E-state index in [0.29, 0.717) is 11.1 Å². The highest BCUT2D eigenvalue weighted by Crippen LogP contribution is 2.14. The van der Waals surface area contributed by atoms with E-state index in [1.807, 2.05) is 0 Å². The minimum Gasteiger partial charge on any atom is -0.508 e. The molecule has 4 amide bonds. The number of carbonyl (C=O) groups excluding carboxylic acids is 4. The summed E-state index contributed by atoms with van der Waals surface area (Å²) in [6.07, 6.45) is -0.419. The predicted molar refractivity (Wildman–Crippen MR) is 148 cm³/mol. The van der Waals surface area contributed by atoms with Crippen molar-refractivity contribution in [1.82, 2.24) is 16.0 Å². The monoisotopic (exact) mass is 571 g/mol. The third-order valence-electron chi connectivity index (χ3n) is 6.28. The number of nitrogens with two attached hydrogens (primary N) is 2. The first-order valence-electron chi connectivity index (χ1n) is 13.0. The maximum Gasteiger partial charge on any atom is 0.326 e. The first-order valence-corrected chi connectivity index (χ1v) is 13.0. The van der Waals surface area contributed by atoms with E-state index >= 15 is 0 Å². The number of primary amides is 1. The number of phenols is 2. The molecule has 0 spiro atoms. The molecule has 0 heterocycles. The van der Waals surface area contributed by atoms with Crippen LogP contribution in [0.2, 0.25) is 0 Å². The predicted octanol–water partition coefficient (Wildman–Crippen LogP) is -0.329. The van der Waals surface area contributed by atoms with Gasteiger partial charge in [0.05, 0.1) is 6.04 Å². The van der Waals surface area contributed by atoms with E-state index in [4.69, 9.17) is 11.5 Å². The molecule has 0 aliphatic heterocycles. The van der Waals surface area contributed by atoms with Crippen LogP contribution in [0.3, 0.4) is 0 Å². The number of phenolic OH excluding ortho intramolecular Hbond substituents is 2. The van der Waals surface area contributed by atoms with Crippen LogP contribution in [0.5, 0.6) is 11.5 Å². The highest BCUT2D eigenvalue weighted by atomic mass is 16.4. The molecule has 0 aromatic heterocycles. The van der Waals surface area contributed by atoms with Gasteiger partial charge in [-0.1, -0.05) is 38.1 Å². The molecule has 41 heavy (non-hydrogen) atoms. The largest absolute Gasteiger partial charge is 0.508 e. The van der Waals surface area contributed by atoms with Crippen LogP contribution in [0, 0.1) is 5.92 Å². The topological polar surface area (TPSA) is 234 Å². The number of rotatable bonds is 15. The first kappa shape index (κ1) is 32.6. The summed E-state index contributed by atoms with van der Waals surface area (Å²) in [5, 5.41) is 36.0. The molecule has 2 aromatic rings. The second kappa shape index (κ2) is 15.2. The number of aliphatic carboxylic acids is 1. The van der Waals surface area contributed by atoms with E-state index < -0.39 is 59.7 Å². The number of hydrogen-bond acceptors (Lipinski definition) is 8. The van der Waals surface area contributed by atoms with Gasteiger partial charge in [0.15, 0.2) is 0 Å². The smallest absolute Gasteiger partial charge is 0.326 e. The number of aromatic hydroxyl groups is 2. The number of carboxylic acid groups (broad SMARTS) is 1. The highest BCUT2D eigenvalue weighted by molar-refractivity contribution is 5.94. The molecular formula is C28H37N5O8. The zero-order valence-corrected chi connectivity index (χ0v) is 22.9. The second-order valence-corrected chi connectivity index (χ2v) is 10.0. The van der Waals surface area contributed by atoms with Gasteiger partial charge in [0.25, 0.3) is 0 Å². The fourth-order valence-corrected chi connectivity index (χ4v) is 3.93. The molecule has 2 rings (SSSR count). The molecule has 0 aliphatic rings. The molecule has 13 nitrogen and oxygen atoms in total. The Morgan fingerprint density at radius 1 is 0.732 bits per heavy atom. The van der Waals surface area contributed by atoms with Crippen LogP contribution in [-0.2, 0) is 36.8 Å². The Hall–Kier alpha value is -4.65. The fraction of sp³-hybridized carbons (Fsp3) is 0.393. The number of carbonyl (C=O) groups is 5. The third kappa shape index (κ3) is 10.8. The maximum absolute atomic E-state index is 13.3. The summed E-state index contributed by atoms with van der Waals surface area (Å²) < 4.78 is 0. The number of carboxylic acids is 1. The Kier molecular flexibility index (Phi) is 12.1. The van der Waals surface area contributed by atoms with Gasteiger partial charge in [0.1, 0.15) is 29.6 Å². The summed E-state index contributed by atoms with van der Waals surface area (Å²) in [5.74, 6) is -4.69. The molecular weight excluding hydrogens is 534 g/mol. The van der Waals surface area contributed by atoms with Gasteiger partial charge in [-0.3, -0.25) is 19.2 Å². The average molecular weight is 572 g/mol. The number of amides is 4. The van der Waals surface area contributed by atoms with E-state index in [9.17, 15) is 39.3 Å². The van der Waals surface area contributed by atoms with Crippen LogP contribution in [0.15, 0.2) is 48.5 Å². The van der Waals surface area contributed by atoms with E-state index in [0.717, 1.165) is 0 Å². The molecule has 10 N–H and O–H groups in total. The number of benzene rings is 2. The molecule has 4 atom stereocenters. The van der Waals surface area contributed by atoms with Gasteiger partial charge >= 0.3 is 5.97 Å². The average Bonchev–Trinajstić information content (AvgIpc) is 2.90. The van der Waals surface area contributed by atoms with Crippen molar-refractivity contribution in [1.29, 1.82) is 0 Å². The minimum absolute atomic E-state index is 0.0117. The molecule has 0 fully saturated rings. The summed E-state index contributed by atoms with van der Waals surface area (Å²) in [6.45, 7) is 3.23. The Balaban J connectivity index is 2.24. The summed E-state index contributed by atoms with van der Waals surface area (Å²) in [4.78, 5) is 62.5. The summed E-state index contributed by atoms with van der Waals surface area (Å²) >= 11 is 0. The van der Waals surface area contributed by atoms with Gasteiger partial charge < -0.3 is 42.7 Å². The fourth-order valence-electron chi connectivity index (χ4n) is 3.93. The van der Waals surface area contributed by atoms with Crippen LogP contribution >= 0.6 is 0 Å². The molecule has 2 aromatic carbocycles. The van der Waals surface area contributed by atoms with E-state index in [1.165, 1.54) is 36.4 Å². The van der Waals surface area contributed by atoms with Crippen molar-refractivity contribution < 1.29 is 39.3 Å². The van der Waals surface area contributed by atoms with Crippen molar-refractivity contribution in [3.63, 3.8) is 0 Å². The van der Waals surface area contributed by atoms with Crippen LogP contribution < -0.4 is 27.4 Å². The summed E-state index contributed by atoms with van der Waals surface area (Å²) in [5.41, 5.74) is 12.5. The molecule has 0 radical (unpaired) electrons. The van der Waals surface area contributed by atoms with Gasteiger partial charge in [-0.25, -0.2) is 4.79 Å². The number of hydrogen-bond donors (Lipinski definition) is 8. The Labute approximate surface area is 237 Å². The molecule has 0 saturated carbocycles. The molecule has 0 bridgehead atoms. The van der Waals surface area contributed by atoms with Gasteiger partial charge in [0, 0.05) is 12.8 Å². The van der Waals surface area contributed by atoms with Crippen LogP contribution in [0.25, 0.3) is 0 Å². The standard InChI is InChI=1S/C28H37N5O8/c1-15(2)24(28(40)41)33-27(39)22(14-17-5-9-19(35)10-6-17)32-26(38)21(11-12-23(30)36)31-25(37)20(29)13-16-3-7-18(34)8-4-16/h3-10,15,20-22,24,34-35H,11-14,29H2,1-2H3,(H2,30,36)(H,31,37)(H,32,38)(H,33,39)(H,40,41). The van der Waals surface area contributed by atoms with Crippen molar-refractivity contribution in [2.45, 2.75) is 63.7 Å². The van der Waals surface area contributed by atoms with Crippen molar-refractivity contribution in [3.05, 3.63) is 59.7 Å². The molecule has 4 unspecified atom stereocenters. The van der Waals surface area contributed by atoms with Gasteiger partial charge in [-0.05, 0) is 54.2 Å². The Morgan fingerprint density at radius 2 is 1.20 bits per heavy atom. The Bertz CT molecular complexity index is 1220. The van der Waals surface area contributed by atoms with Crippen LogP contribution in [-0.4, -0.2) is 69.1 Å². The molecule has 0 aliphatic carbocycles. The van der Waals surface area contributed by atoms with E-state index in [1.54, 1.807) is 26.0 Å². The molecule has 13 heteroatoms. The number of nitrogens with one attached hydrogen (secondary N) is 3. The van der Waals surface area contributed by atoms with Crippen LogP contribution in [0.4, 0.5) is 0 Å². The van der Waals surface area contributed by atoms with Gasteiger partial charge in [-0.15, -0.1) is 0 Å². The van der Waals surface area contributed by atoms with Crippen molar-refractivity contribution in [2.75, 3.05) is 0 Å². The highest BCUT2D eigenvalue weighted by Gasteiger charge is 2.31. The van der Waals surface area contributed by atoms with Crippen molar-refractivity contribution in [2.24, 2.45) is 17.4 Å². The van der Waals surface area contributed by atoms with Crippen molar-refractivity contribution >= 4 is 29.6 Å². The molecule has 0 saturated heterocycles. The lowest BCUT2D eigenvalue weighted by atomic mass is 10.0. The quantitative estimate of drug-likeness (QED) is 0.140.